The average Bonchev–Trinajstić information content (AvgIpc) is 2.36. The maximum Gasteiger partial charge on any atom is 0.303 e. The molecule has 0 N–H and O–H groups in total. The molecule has 90 valence electrons. The van der Waals surface area contributed by atoms with Gasteiger partial charge in [-0.1, -0.05) is 54.6 Å². The lowest BCUT2D eigenvalue weighted by Crippen LogP contribution is -2.43. The minimum Gasteiger partial charge on any atom is -0.449 e. The Bertz CT molecular complexity index is 589. The van der Waals surface area contributed by atoms with E-state index in [1.54, 1.807) is 0 Å². The number of ether oxygens (including phenoxy) is 1. The van der Waals surface area contributed by atoms with Crippen molar-refractivity contribution in [2.24, 2.45) is 0 Å². The first-order valence-electron chi connectivity index (χ1n) is 6.06. The van der Waals surface area contributed by atoms with Crippen LogP contribution in [0.3, 0.4) is 0 Å². The van der Waals surface area contributed by atoms with E-state index < -0.39 is 5.60 Å². The molecule has 3 rings (SSSR count). The van der Waals surface area contributed by atoms with Gasteiger partial charge < -0.3 is 4.74 Å². The Morgan fingerprint density at radius 2 is 1.72 bits per heavy atom. The summed E-state index contributed by atoms with van der Waals surface area (Å²) in [6, 6.07) is 18.1. The van der Waals surface area contributed by atoms with Gasteiger partial charge in [0.05, 0.1) is 0 Å². The first kappa shape index (κ1) is 11.0. The van der Waals surface area contributed by atoms with Gasteiger partial charge in [-0.05, 0) is 5.56 Å². The van der Waals surface area contributed by atoms with Crippen LogP contribution in [-0.4, -0.2) is 5.97 Å². The SMILES string of the molecule is CC(=O)OC1(c2ccccc2)Cc2ccccc21. The third kappa shape index (κ3) is 1.53. The van der Waals surface area contributed by atoms with E-state index in [2.05, 4.69) is 6.07 Å². The van der Waals surface area contributed by atoms with Crippen molar-refractivity contribution in [1.29, 1.82) is 0 Å². The molecule has 2 aromatic rings. The highest BCUT2D eigenvalue weighted by Crippen LogP contribution is 2.47. The molecule has 0 saturated carbocycles. The van der Waals surface area contributed by atoms with Gasteiger partial charge in [-0.25, -0.2) is 0 Å². The smallest absolute Gasteiger partial charge is 0.303 e. The molecule has 0 fully saturated rings. The predicted molar refractivity (Wildman–Crippen MR) is 69.1 cm³/mol. The molecule has 0 bridgehead atoms. The van der Waals surface area contributed by atoms with Crippen LogP contribution in [0.2, 0.25) is 0 Å². The van der Waals surface area contributed by atoms with Crippen molar-refractivity contribution in [3.05, 3.63) is 71.3 Å². The molecule has 18 heavy (non-hydrogen) atoms. The number of benzene rings is 2. The van der Waals surface area contributed by atoms with Gasteiger partial charge in [0.1, 0.15) is 0 Å². The van der Waals surface area contributed by atoms with Gasteiger partial charge in [0.15, 0.2) is 5.60 Å². The Morgan fingerprint density at radius 3 is 2.39 bits per heavy atom. The number of carbonyl (C=O) groups excluding carboxylic acids is 1. The molecule has 1 aliphatic rings. The van der Waals surface area contributed by atoms with Crippen molar-refractivity contribution in [3.63, 3.8) is 0 Å². The molecule has 0 amide bonds. The fourth-order valence-corrected chi connectivity index (χ4v) is 2.69. The minimum absolute atomic E-state index is 0.242. The van der Waals surface area contributed by atoms with E-state index in [-0.39, 0.29) is 5.97 Å². The van der Waals surface area contributed by atoms with Gasteiger partial charge >= 0.3 is 5.97 Å². The standard InChI is InChI=1S/C16H14O2/c1-12(17)18-16(14-8-3-2-4-9-14)11-13-7-5-6-10-15(13)16/h2-10H,11H2,1H3. The zero-order valence-corrected chi connectivity index (χ0v) is 10.2. The van der Waals surface area contributed by atoms with E-state index in [1.165, 1.54) is 12.5 Å². The number of fused-ring (bicyclic) bond motifs is 1. The van der Waals surface area contributed by atoms with Gasteiger partial charge in [-0.2, -0.15) is 0 Å². The van der Waals surface area contributed by atoms with Crippen LogP contribution in [-0.2, 0) is 21.6 Å². The zero-order chi connectivity index (χ0) is 12.6. The van der Waals surface area contributed by atoms with Crippen LogP contribution in [0.25, 0.3) is 0 Å². The van der Waals surface area contributed by atoms with E-state index in [0.29, 0.717) is 0 Å². The molecule has 0 aliphatic heterocycles. The summed E-state index contributed by atoms with van der Waals surface area (Å²) in [4.78, 5) is 11.4. The van der Waals surface area contributed by atoms with E-state index in [0.717, 1.165) is 17.5 Å². The molecule has 2 heteroatoms. The average molecular weight is 238 g/mol. The lowest BCUT2D eigenvalue weighted by atomic mass is 9.69. The number of hydrogen-bond donors (Lipinski definition) is 0. The summed E-state index contributed by atoms with van der Waals surface area (Å²) in [7, 11) is 0. The molecule has 1 aliphatic carbocycles. The van der Waals surface area contributed by atoms with Crippen LogP contribution < -0.4 is 0 Å². The van der Waals surface area contributed by atoms with E-state index >= 15 is 0 Å². The van der Waals surface area contributed by atoms with Crippen molar-refractivity contribution in [2.45, 2.75) is 18.9 Å². The lowest BCUT2D eigenvalue weighted by Gasteiger charge is -2.43. The fourth-order valence-electron chi connectivity index (χ4n) is 2.69. The van der Waals surface area contributed by atoms with Crippen molar-refractivity contribution >= 4 is 5.97 Å². The lowest BCUT2D eigenvalue weighted by molar-refractivity contribution is -0.156. The molecular weight excluding hydrogens is 224 g/mol. The highest BCUT2D eigenvalue weighted by molar-refractivity contribution is 5.69. The van der Waals surface area contributed by atoms with Gasteiger partial charge in [-0.3, -0.25) is 4.79 Å². The quantitative estimate of drug-likeness (QED) is 0.752. The van der Waals surface area contributed by atoms with Crippen LogP contribution in [0.4, 0.5) is 0 Å². The highest BCUT2D eigenvalue weighted by Gasteiger charge is 2.46. The normalized spacial score (nSPS) is 20.7. The Kier molecular flexibility index (Phi) is 2.44. The molecule has 0 heterocycles. The van der Waals surface area contributed by atoms with E-state index in [9.17, 15) is 4.79 Å². The highest BCUT2D eigenvalue weighted by atomic mass is 16.6. The maximum absolute atomic E-state index is 11.4. The second-order valence-electron chi connectivity index (χ2n) is 4.62. The molecular formula is C16H14O2. The predicted octanol–water partition coefficient (Wildman–Crippen LogP) is 3.05. The van der Waals surface area contributed by atoms with Gasteiger partial charge in [-0.15, -0.1) is 0 Å². The van der Waals surface area contributed by atoms with Crippen LogP contribution in [0.15, 0.2) is 54.6 Å². The van der Waals surface area contributed by atoms with Gasteiger partial charge in [0.2, 0.25) is 0 Å². The van der Waals surface area contributed by atoms with Crippen molar-refractivity contribution in [3.8, 4) is 0 Å². The molecule has 2 aromatic carbocycles. The number of esters is 1. The largest absolute Gasteiger partial charge is 0.449 e. The van der Waals surface area contributed by atoms with Crippen molar-refractivity contribution in [1.82, 2.24) is 0 Å². The maximum atomic E-state index is 11.4. The third-order valence-electron chi connectivity index (χ3n) is 3.45. The molecule has 0 spiro atoms. The van der Waals surface area contributed by atoms with Gasteiger partial charge in [0.25, 0.3) is 0 Å². The molecule has 0 saturated heterocycles. The summed E-state index contributed by atoms with van der Waals surface area (Å²) in [5, 5.41) is 0. The monoisotopic (exact) mass is 238 g/mol. The second kappa shape index (κ2) is 3.98. The van der Waals surface area contributed by atoms with Crippen LogP contribution in [0.5, 0.6) is 0 Å². The van der Waals surface area contributed by atoms with Crippen molar-refractivity contribution in [2.75, 3.05) is 0 Å². The summed E-state index contributed by atoms with van der Waals surface area (Å²) < 4.78 is 5.65. The van der Waals surface area contributed by atoms with Crippen molar-refractivity contribution < 1.29 is 9.53 Å². The number of carbonyl (C=O) groups is 1. The molecule has 1 unspecified atom stereocenters. The fraction of sp³-hybridized carbons (Fsp3) is 0.188. The van der Waals surface area contributed by atoms with E-state index in [1.807, 2.05) is 48.5 Å². The Hall–Kier alpha value is -2.09. The number of rotatable bonds is 2. The third-order valence-corrected chi connectivity index (χ3v) is 3.45. The van der Waals surface area contributed by atoms with E-state index in [4.69, 9.17) is 4.74 Å². The first-order valence-corrected chi connectivity index (χ1v) is 6.06. The Balaban J connectivity index is 2.11. The Morgan fingerprint density at radius 1 is 1.06 bits per heavy atom. The first-order chi connectivity index (χ1) is 8.72. The molecule has 1 atom stereocenters. The molecule has 2 nitrogen and oxygen atoms in total. The van der Waals surface area contributed by atoms with Crippen LogP contribution in [0.1, 0.15) is 23.6 Å². The van der Waals surface area contributed by atoms with Gasteiger partial charge in [0, 0.05) is 24.5 Å². The zero-order valence-electron chi connectivity index (χ0n) is 10.2. The summed E-state index contributed by atoms with van der Waals surface area (Å²) in [5.74, 6) is -0.242. The molecule has 0 aromatic heterocycles. The summed E-state index contributed by atoms with van der Waals surface area (Å²) in [6.45, 7) is 1.46. The summed E-state index contributed by atoms with van der Waals surface area (Å²) in [5.41, 5.74) is 2.82. The van der Waals surface area contributed by atoms with Crippen LogP contribution >= 0.6 is 0 Å². The summed E-state index contributed by atoms with van der Waals surface area (Å²) in [6.07, 6.45) is 0.757. The number of hydrogen-bond acceptors (Lipinski definition) is 2. The summed E-state index contributed by atoms with van der Waals surface area (Å²) >= 11 is 0. The second-order valence-corrected chi connectivity index (χ2v) is 4.62. The molecule has 0 radical (unpaired) electrons. The van der Waals surface area contributed by atoms with Crippen LogP contribution in [0, 0.1) is 0 Å². The topological polar surface area (TPSA) is 26.3 Å². The Labute approximate surface area is 106 Å². The minimum atomic E-state index is -0.580.